The number of benzene rings is 1. The second-order valence-electron chi connectivity index (χ2n) is 6.87. The summed E-state index contributed by atoms with van der Waals surface area (Å²) in [6, 6.07) is 12.7. The third-order valence-corrected chi connectivity index (χ3v) is 6.09. The van der Waals surface area contributed by atoms with Crippen LogP contribution < -0.4 is 5.32 Å². The third kappa shape index (κ3) is 2.23. The highest BCUT2D eigenvalue weighted by molar-refractivity contribution is 9.10. The lowest BCUT2D eigenvalue weighted by atomic mass is 9.82. The maximum absolute atomic E-state index is 12.7. The minimum absolute atomic E-state index is 0.00387. The van der Waals surface area contributed by atoms with E-state index in [4.69, 9.17) is 0 Å². The van der Waals surface area contributed by atoms with Crippen molar-refractivity contribution in [2.75, 3.05) is 18.4 Å². The summed E-state index contributed by atoms with van der Waals surface area (Å²) in [7, 11) is 0. The first-order valence-corrected chi connectivity index (χ1v) is 9.51. The highest BCUT2D eigenvalue weighted by Gasteiger charge is 2.42. The van der Waals surface area contributed by atoms with Gasteiger partial charge in [-0.25, -0.2) is 0 Å². The van der Waals surface area contributed by atoms with Gasteiger partial charge in [-0.3, -0.25) is 9.89 Å². The van der Waals surface area contributed by atoms with Gasteiger partial charge in [0.15, 0.2) is 0 Å². The van der Waals surface area contributed by atoms with Crippen molar-refractivity contribution in [3.05, 3.63) is 64.7 Å². The molecule has 2 aliphatic rings. The first kappa shape index (κ1) is 15.7. The molecule has 1 saturated heterocycles. The monoisotopic (exact) mass is 411 g/mol. The Bertz CT molecular complexity index is 983. The Balaban J connectivity index is 1.43. The normalized spacial score (nSPS) is 17.5. The zero-order valence-electron chi connectivity index (χ0n) is 14.1. The Morgan fingerprint density at radius 3 is 2.73 bits per heavy atom. The van der Waals surface area contributed by atoms with E-state index < -0.39 is 0 Å². The number of halogens is 1. The average molecular weight is 412 g/mol. The molecule has 5 rings (SSSR count). The standard InChI is InChI=1S/C19H18BrN5O/c20-13-12-21-23-17(13)18(26)24-10-7-19(8-11-24)16-6-3-9-25(16)15-5-2-1-4-14(15)22-19/h1-6,9,12,22H,7-8,10-11H2,(H,21,23). The number of hydrogen-bond acceptors (Lipinski definition) is 3. The van der Waals surface area contributed by atoms with Crippen LogP contribution in [0.1, 0.15) is 29.0 Å². The second-order valence-corrected chi connectivity index (χ2v) is 7.73. The lowest BCUT2D eigenvalue weighted by Crippen LogP contribution is -2.51. The largest absolute Gasteiger partial charge is 0.372 e. The number of carbonyl (C=O) groups is 1. The molecule has 1 spiro atoms. The molecular formula is C19H18BrN5O. The molecular weight excluding hydrogens is 394 g/mol. The van der Waals surface area contributed by atoms with Gasteiger partial charge < -0.3 is 14.8 Å². The van der Waals surface area contributed by atoms with Gasteiger partial charge in [-0.2, -0.15) is 5.10 Å². The second kappa shape index (κ2) is 5.74. The van der Waals surface area contributed by atoms with Gasteiger partial charge in [0.1, 0.15) is 5.69 Å². The van der Waals surface area contributed by atoms with E-state index in [1.165, 1.54) is 11.4 Å². The topological polar surface area (TPSA) is 66.0 Å². The summed E-state index contributed by atoms with van der Waals surface area (Å²) >= 11 is 3.38. The number of hydrogen-bond donors (Lipinski definition) is 2. The predicted octanol–water partition coefficient (Wildman–Crippen LogP) is 3.52. The number of para-hydroxylation sites is 2. The van der Waals surface area contributed by atoms with Crippen LogP contribution in [0.25, 0.3) is 5.69 Å². The number of fused-ring (bicyclic) bond motifs is 4. The molecule has 2 aliphatic heterocycles. The average Bonchev–Trinajstić information content (AvgIpc) is 3.32. The van der Waals surface area contributed by atoms with Crippen molar-refractivity contribution in [3.8, 4) is 5.69 Å². The minimum atomic E-state index is -0.139. The maximum Gasteiger partial charge on any atom is 0.273 e. The van der Waals surface area contributed by atoms with Gasteiger partial charge in [0, 0.05) is 25.0 Å². The molecule has 0 bridgehead atoms. The summed E-state index contributed by atoms with van der Waals surface area (Å²) < 4.78 is 2.98. The van der Waals surface area contributed by atoms with Crippen molar-refractivity contribution in [1.29, 1.82) is 0 Å². The van der Waals surface area contributed by atoms with E-state index in [1.807, 2.05) is 4.90 Å². The van der Waals surface area contributed by atoms with E-state index >= 15 is 0 Å². The van der Waals surface area contributed by atoms with Gasteiger partial charge in [0.2, 0.25) is 0 Å². The van der Waals surface area contributed by atoms with Gasteiger partial charge in [-0.05, 0) is 53.0 Å². The van der Waals surface area contributed by atoms with Crippen LogP contribution in [0.3, 0.4) is 0 Å². The molecule has 1 fully saturated rings. The number of anilines is 1. The third-order valence-electron chi connectivity index (χ3n) is 5.49. The van der Waals surface area contributed by atoms with Crippen molar-refractivity contribution in [3.63, 3.8) is 0 Å². The highest BCUT2D eigenvalue weighted by atomic mass is 79.9. The molecule has 0 unspecified atom stereocenters. The molecule has 2 aromatic heterocycles. The molecule has 3 aromatic rings. The Hall–Kier alpha value is -2.54. The summed E-state index contributed by atoms with van der Waals surface area (Å²) in [6.45, 7) is 1.40. The number of nitrogens with zero attached hydrogens (tertiary/aromatic N) is 3. The van der Waals surface area contributed by atoms with Gasteiger partial charge >= 0.3 is 0 Å². The SMILES string of the molecule is O=C(c1[nH]ncc1Br)N1CCC2(CC1)Nc1ccccc1-n1cccc12. The molecule has 26 heavy (non-hydrogen) atoms. The van der Waals surface area contributed by atoms with Crippen molar-refractivity contribution in [2.45, 2.75) is 18.4 Å². The molecule has 7 heteroatoms. The van der Waals surface area contributed by atoms with Crippen LogP contribution in [-0.2, 0) is 5.54 Å². The number of likely N-dealkylation sites (tertiary alicyclic amines) is 1. The van der Waals surface area contributed by atoms with Gasteiger partial charge in [0.25, 0.3) is 5.91 Å². The van der Waals surface area contributed by atoms with Crippen LogP contribution in [0.4, 0.5) is 5.69 Å². The Kier molecular flexibility index (Phi) is 3.46. The maximum atomic E-state index is 12.7. The van der Waals surface area contributed by atoms with Gasteiger partial charge in [-0.1, -0.05) is 12.1 Å². The Morgan fingerprint density at radius 1 is 1.15 bits per heavy atom. The van der Waals surface area contributed by atoms with E-state index in [-0.39, 0.29) is 11.4 Å². The van der Waals surface area contributed by atoms with E-state index in [0.717, 1.165) is 18.5 Å². The summed E-state index contributed by atoms with van der Waals surface area (Å²) in [4.78, 5) is 14.6. The molecule has 1 amide bonds. The molecule has 0 radical (unpaired) electrons. The Labute approximate surface area is 159 Å². The fourth-order valence-corrected chi connectivity index (χ4v) is 4.51. The molecule has 0 atom stereocenters. The number of amides is 1. The van der Waals surface area contributed by atoms with Crippen LogP contribution in [0.5, 0.6) is 0 Å². The summed E-state index contributed by atoms with van der Waals surface area (Å²) in [5.74, 6) is -0.00387. The smallest absolute Gasteiger partial charge is 0.273 e. The predicted molar refractivity (Wildman–Crippen MR) is 102 cm³/mol. The number of H-pyrrole nitrogens is 1. The number of nitrogens with one attached hydrogen (secondary N) is 2. The first-order chi connectivity index (χ1) is 12.7. The van der Waals surface area contributed by atoms with E-state index in [1.54, 1.807) is 6.20 Å². The summed E-state index contributed by atoms with van der Waals surface area (Å²) in [5, 5.41) is 10.5. The van der Waals surface area contributed by atoms with Crippen molar-refractivity contribution >= 4 is 27.5 Å². The molecule has 6 nitrogen and oxygen atoms in total. The molecule has 132 valence electrons. The molecule has 4 heterocycles. The van der Waals surface area contributed by atoms with Crippen LogP contribution >= 0.6 is 15.9 Å². The minimum Gasteiger partial charge on any atom is -0.372 e. The van der Waals surface area contributed by atoms with Crippen LogP contribution in [0, 0.1) is 0 Å². The van der Waals surface area contributed by atoms with Gasteiger partial charge in [0.05, 0.1) is 27.6 Å². The number of carbonyl (C=O) groups excluding carboxylic acids is 1. The number of aromatic amines is 1. The van der Waals surface area contributed by atoms with Crippen LogP contribution in [-0.4, -0.2) is 38.7 Å². The van der Waals surface area contributed by atoms with Crippen LogP contribution in [0.2, 0.25) is 0 Å². The van der Waals surface area contributed by atoms with Crippen LogP contribution in [0.15, 0.2) is 53.3 Å². The van der Waals surface area contributed by atoms with E-state index in [0.29, 0.717) is 23.3 Å². The Morgan fingerprint density at radius 2 is 1.96 bits per heavy atom. The number of piperidine rings is 1. The molecule has 0 aliphatic carbocycles. The molecule has 2 N–H and O–H groups in total. The number of aromatic nitrogens is 3. The first-order valence-electron chi connectivity index (χ1n) is 8.71. The summed E-state index contributed by atoms with van der Waals surface area (Å²) in [5.41, 5.74) is 3.97. The van der Waals surface area contributed by atoms with Crippen molar-refractivity contribution < 1.29 is 4.79 Å². The van der Waals surface area contributed by atoms with Crippen molar-refractivity contribution in [1.82, 2.24) is 19.7 Å². The van der Waals surface area contributed by atoms with Gasteiger partial charge in [-0.15, -0.1) is 0 Å². The summed E-state index contributed by atoms with van der Waals surface area (Å²) in [6.07, 6.45) is 5.47. The zero-order chi connectivity index (χ0) is 17.7. The lowest BCUT2D eigenvalue weighted by Gasteiger charge is -2.46. The highest BCUT2D eigenvalue weighted by Crippen LogP contribution is 2.43. The van der Waals surface area contributed by atoms with Crippen molar-refractivity contribution in [2.24, 2.45) is 0 Å². The number of rotatable bonds is 1. The molecule has 1 aromatic carbocycles. The molecule has 0 saturated carbocycles. The fourth-order valence-electron chi connectivity index (χ4n) is 4.14. The fraction of sp³-hybridized carbons (Fsp3) is 0.263. The quantitative estimate of drug-likeness (QED) is 0.643. The lowest BCUT2D eigenvalue weighted by molar-refractivity contribution is 0.0669. The van der Waals surface area contributed by atoms with E-state index in [9.17, 15) is 4.79 Å². The van der Waals surface area contributed by atoms with E-state index in [2.05, 4.69) is 78.6 Å². The zero-order valence-corrected chi connectivity index (χ0v) is 15.7.